The molecule has 0 unspecified atom stereocenters. The Hall–Kier alpha value is -1.08. The van der Waals surface area contributed by atoms with E-state index in [0.717, 1.165) is 12.1 Å². The molecule has 0 saturated carbocycles. The second-order valence-corrected chi connectivity index (χ2v) is 4.38. The third-order valence-corrected chi connectivity index (χ3v) is 2.85. The van der Waals surface area contributed by atoms with Crippen LogP contribution in [0.25, 0.3) is 0 Å². The largest absolute Gasteiger partial charge is 0.416 e. The molecule has 0 saturated heterocycles. The molecule has 0 aromatic heterocycles. The summed E-state index contributed by atoms with van der Waals surface area (Å²) in [6.45, 7) is 0.113. The van der Waals surface area contributed by atoms with E-state index in [1.807, 2.05) is 0 Å². The van der Waals surface area contributed by atoms with Crippen LogP contribution in [0, 0.1) is 0 Å². The number of amides is 1. The third-order valence-electron chi connectivity index (χ3n) is 2.16. The van der Waals surface area contributed by atoms with Crippen LogP contribution in [-0.4, -0.2) is 24.2 Å². The van der Waals surface area contributed by atoms with E-state index in [0.29, 0.717) is 6.42 Å². The van der Waals surface area contributed by atoms with Crippen LogP contribution in [0.4, 0.5) is 13.2 Å². The molecule has 100 valence electrons. The van der Waals surface area contributed by atoms with Crippen molar-refractivity contribution in [1.82, 2.24) is 5.32 Å². The Morgan fingerprint density at radius 1 is 1.39 bits per heavy atom. The Morgan fingerprint density at radius 3 is 2.61 bits per heavy atom. The Kier molecular flexibility index (Phi) is 5.15. The number of hydrogen-bond donors (Lipinski definition) is 2. The Bertz CT molecular complexity index is 435. The van der Waals surface area contributed by atoms with Crippen molar-refractivity contribution in [1.29, 1.82) is 0 Å². The van der Waals surface area contributed by atoms with E-state index in [2.05, 4.69) is 21.2 Å². The predicted molar refractivity (Wildman–Crippen MR) is 63.2 cm³/mol. The van der Waals surface area contributed by atoms with Gasteiger partial charge in [-0.1, -0.05) is 0 Å². The Balaban J connectivity index is 2.90. The molecule has 3 nitrogen and oxygen atoms in total. The highest BCUT2D eigenvalue weighted by atomic mass is 79.9. The summed E-state index contributed by atoms with van der Waals surface area (Å²) < 4.78 is 37.8. The lowest BCUT2D eigenvalue weighted by Crippen LogP contribution is -2.25. The predicted octanol–water partition coefficient (Wildman–Crippen LogP) is 2.58. The lowest BCUT2D eigenvalue weighted by Gasteiger charge is -2.10. The lowest BCUT2D eigenvalue weighted by molar-refractivity contribution is -0.137. The molecule has 0 heterocycles. The quantitative estimate of drug-likeness (QED) is 0.836. The van der Waals surface area contributed by atoms with Gasteiger partial charge in [0.25, 0.3) is 5.91 Å². The molecule has 0 spiro atoms. The molecule has 7 heteroatoms. The number of hydrogen-bond acceptors (Lipinski definition) is 2. The Labute approximate surface area is 110 Å². The first-order valence-corrected chi connectivity index (χ1v) is 5.91. The van der Waals surface area contributed by atoms with E-state index in [-0.39, 0.29) is 23.2 Å². The highest BCUT2D eigenvalue weighted by Crippen LogP contribution is 2.31. The topological polar surface area (TPSA) is 49.3 Å². The van der Waals surface area contributed by atoms with Crippen molar-refractivity contribution < 1.29 is 23.1 Å². The van der Waals surface area contributed by atoms with Gasteiger partial charge in [-0.3, -0.25) is 4.79 Å². The van der Waals surface area contributed by atoms with Crippen LogP contribution in [0.2, 0.25) is 0 Å². The first kappa shape index (κ1) is 15.0. The van der Waals surface area contributed by atoms with E-state index >= 15 is 0 Å². The second kappa shape index (κ2) is 6.19. The van der Waals surface area contributed by atoms with Crippen LogP contribution in [-0.2, 0) is 6.18 Å². The molecule has 0 fully saturated rings. The summed E-state index contributed by atoms with van der Waals surface area (Å²) in [6.07, 6.45) is -4.14. The van der Waals surface area contributed by atoms with Crippen molar-refractivity contribution in [2.45, 2.75) is 12.6 Å². The maximum absolute atomic E-state index is 12.5. The molecule has 18 heavy (non-hydrogen) atoms. The molecular formula is C11H11BrF3NO2. The molecule has 1 amide bonds. The van der Waals surface area contributed by atoms with Crippen molar-refractivity contribution in [3.8, 4) is 0 Å². The first-order chi connectivity index (χ1) is 8.36. The Morgan fingerprint density at radius 2 is 2.06 bits per heavy atom. The van der Waals surface area contributed by atoms with Gasteiger partial charge in [-0.2, -0.15) is 13.2 Å². The van der Waals surface area contributed by atoms with Crippen LogP contribution in [0.1, 0.15) is 22.3 Å². The zero-order valence-electron chi connectivity index (χ0n) is 9.22. The number of halogens is 4. The number of aliphatic hydroxyl groups is 1. The van der Waals surface area contributed by atoms with Gasteiger partial charge in [-0.15, -0.1) is 0 Å². The van der Waals surface area contributed by atoms with Crippen molar-refractivity contribution in [2.75, 3.05) is 13.2 Å². The zero-order chi connectivity index (χ0) is 13.8. The van der Waals surface area contributed by atoms with Crippen molar-refractivity contribution in [2.24, 2.45) is 0 Å². The van der Waals surface area contributed by atoms with E-state index < -0.39 is 17.6 Å². The third kappa shape index (κ3) is 3.99. The smallest absolute Gasteiger partial charge is 0.396 e. The average molecular weight is 326 g/mol. The van der Waals surface area contributed by atoms with Gasteiger partial charge >= 0.3 is 6.18 Å². The van der Waals surface area contributed by atoms with E-state index in [9.17, 15) is 18.0 Å². The summed E-state index contributed by atoms with van der Waals surface area (Å²) in [4.78, 5) is 11.6. The van der Waals surface area contributed by atoms with Gasteiger partial charge in [0.05, 0.1) is 11.1 Å². The van der Waals surface area contributed by atoms with Gasteiger partial charge in [-0.05, 0) is 40.5 Å². The fourth-order valence-corrected chi connectivity index (χ4v) is 1.68. The van der Waals surface area contributed by atoms with Gasteiger partial charge in [0.15, 0.2) is 0 Å². The number of benzene rings is 1. The number of aliphatic hydroxyl groups excluding tert-OH is 1. The molecule has 0 aliphatic carbocycles. The minimum atomic E-state index is -4.49. The van der Waals surface area contributed by atoms with Gasteiger partial charge in [-0.25, -0.2) is 0 Å². The molecule has 0 aliphatic heterocycles. The number of alkyl halides is 3. The molecule has 2 N–H and O–H groups in total. The number of rotatable bonds is 4. The molecule has 0 bridgehead atoms. The fraction of sp³-hybridized carbons (Fsp3) is 0.364. The fourth-order valence-electron chi connectivity index (χ4n) is 1.25. The minimum absolute atomic E-state index is 0.0808. The van der Waals surface area contributed by atoms with Crippen LogP contribution < -0.4 is 5.32 Å². The molecule has 0 aliphatic rings. The highest BCUT2D eigenvalue weighted by molar-refractivity contribution is 9.10. The van der Waals surface area contributed by atoms with Crippen LogP contribution in [0.15, 0.2) is 22.7 Å². The summed E-state index contributed by atoms with van der Waals surface area (Å²) >= 11 is 3.03. The van der Waals surface area contributed by atoms with Gasteiger partial charge < -0.3 is 10.4 Å². The molecule has 0 radical (unpaired) electrons. The average Bonchev–Trinajstić information content (AvgIpc) is 2.28. The lowest BCUT2D eigenvalue weighted by atomic mass is 10.1. The summed E-state index contributed by atoms with van der Waals surface area (Å²) in [5.41, 5.74) is -0.958. The standard InChI is InChI=1S/C11H11BrF3NO2/c12-9-3-2-7(11(13,14)15)6-8(9)10(18)16-4-1-5-17/h2-3,6,17H,1,4-5H2,(H,16,18). The zero-order valence-corrected chi connectivity index (χ0v) is 10.8. The van der Waals surface area contributed by atoms with E-state index in [1.54, 1.807) is 0 Å². The number of carbonyl (C=O) groups is 1. The van der Waals surface area contributed by atoms with Gasteiger partial charge in [0, 0.05) is 17.6 Å². The maximum Gasteiger partial charge on any atom is 0.416 e. The van der Waals surface area contributed by atoms with Crippen molar-refractivity contribution in [3.63, 3.8) is 0 Å². The first-order valence-electron chi connectivity index (χ1n) is 5.12. The van der Waals surface area contributed by atoms with Gasteiger partial charge in [0.1, 0.15) is 0 Å². The summed E-state index contributed by atoms with van der Waals surface area (Å²) in [5, 5.41) is 11.0. The van der Waals surface area contributed by atoms with Gasteiger partial charge in [0.2, 0.25) is 0 Å². The number of carbonyl (C=O) groups excluding carboxylic acids is 1. The summed E-state index contributed by atoms with van der Waals surface area (Å²) in [5.74, 6) is -0.610. The highest BCUT2D eigenvalue weighted by Gasteiger charge is 2.31. The molecule has 1 aromatic carbocycles. The SMILES string of the molecule is O=C(NCCCO)c1cc(C(F)(F)F)ccc1Br. The maximum atomic E-state index is 12.5. The molecule has 1 aromatic rings. The number of nitrogens with one attached hydrogen (secondary N) is 1. The molecular weight excluding hydrogens is 315 g/mol. The summed E-state index contributed by atoms with van der Waals surface area (Å²) in [7, 11) is 0. The second-order valence-electron chi connectivity index (χ2n) is 3.53. The van der Waals surface area contributed by atoms with Crippen LogP contribution in [0.3, 0.4) is 0 Å². The van der Waals surface area contributed by atoms with E-state index in [1.165, 1.54) is 6.07 Å². The van der Waals surface area contributed by atoms with Crippen LogP contribution >= 0.6 is 15.9 Å². The van der Waals surface area contributed by atoms with Crippen molar-refractivity contribution in [3.05, 3.63) is 33.8 Å². The normalized spacial score (nSPS) is 11.4. The van der Waals surface area contributed by atoms with Crippen LogP contribution in [0.5, 0.6) is 0 Å². The monoisotopic (exact) mass is 325 g/mol. The van der Waals surface area contributed by atoms with Crippen molar-refractivity contribution >= 4 is 21.8 Å². The summed E-state index contributed by atoms with van der Waals surface area (Å²) in [6, 6.07) is 2.87. The van der Waals surface area contributed by atoms with E-state index in [4.69, 9.17) is 5.11 Å². The minimum Gasteiger partial charge on any atom is -0.396 e. The molecule has 1 rings (SSSR count). The molecule has 0 atom stereocenters.